The molecule has 0 bridgehead atoms. The number of alkyl halides is 2. The van der Waals surface area contributed by atoms with Gasteiger partial charge in [-0.1, -0.05) is 11.8 Å². The second kappa shape index (κ2) is 7.65. The summed E-state index contributed by atoms with van der Waals surface area (Å²) in [5, 5.41) is 9.19. The SMILES string of the molecule is Cc1cn(C(F)F)nc1C(=O)Nc1csc([C@]23CO[C@@H](C)C[C@H]2CSC(N)=N3)n1. The Hall–Kier alpha value is -2.05. The van der Waals surface area contributed by atoms with Crippen LogP contribution in [0.25, 0.3) is 0 Å². The molecule has 0 unspecified atom stereocenters. The van der Waals surface area contributed by atoms with Gasteiger partial charge in [0.1, 0.15) is 16.4 Å². The molecule has 29 heavy (non-hydrogen) atoms. The third-order valence-electron chi connectivity index (χ3n) is 5.07. The van der Waals surface area contributed by atoms with E-state index < -0.39 is 18.0 Å². The third-order valence-corrected chi connectivity index (χ3v) is 7.03. The van der Waals surface area contributed by atoms with Crippen molar-refractivity contribution in [3.05, 3.63) is 27.8 Å². The number of nitrogens with zero attached hydrogens (tertiary/aromatic N) is 4. The summed E-state index contributed by atoms with van der Waals surface area (Å²) < 4.78 is 31.9. The van der Waals surface area contributed by atoms with Crippen molar-refractivity contribution in [2.24, 2.45) is 16.6 Å². The number of amidine groups is 1. The van der Waals surface area contributed by atoms with Gasteiger partial charge in [0, 0.05) is 28.8 Å². The largest absolute Gasteiger partial charge is 0.379 e. The molecule has 4 heterocycles. The van der Waals surface area contributed by atoms with E-state index in [1.807, 2.05) is 6.92 Å². The second-order valence-electron chi connectivity index (χ2n) is 7.15. The first-order chi connectivity index (χ1) is 13.8. The standard InChI is InChI=1S/C17H20F2N6O2S2/c1-8-4-25(15(18)19)24-12(8)13(26)21-11-6-28-14(22-11)17-7-27-9(2)3-10(17)5-29-16(20)23-17/h4,6,9-10,15H,3,5,7H2,1-2H3,(H2,20,23)(H,21,26)/t9-,10-,17-/m0/s1. The topological polar surface area (TPSA) is 107 Å². The Kier molecular flexibility index (Phi) is 5.34. The van der Waals surface area contributed by atoms with Crippen LogP contribution in [-0.2, 0) is 10.3 Å². The predicted molar refractivity (Wildman–Crippen MR) is 108 cm³/mol. The van der Waals surface area contributed by atoms with Gasteiger partial charge in [-0.15, -0.1) is 11.3 Å². The van der Waals surface area contributed by atoms with Crippen molar-refractivity contribution in [3.8, 4) is 0 Å². The summed E-state index contributed by atoms with van der Waals surface area (Å²) in [6.07, 6.45) is 2.11. The lowest BCUT2D eigenvalue weighted by Gasteiger charge is -2.44. The number of thioether (sulfide) groups is 1. The minimum atomic E-state index is -2.81. The summed E-state index contributed by atoms with van der Waals surface area (Å²) in [4.78, 5) is 21.7. The van der Waals surface area contributed by atoms with E-state index in [1.165, 1.54) is 23.1 Å². The van der Waals surface area contributed by atoms with Crippen LogP contribution in [0, 0.1) is 12.8 Å². The highest BCUT2D eigenvalue weighted by Gasteiger charge is 2.49. The Morgan fingerprint density at radius 1 is 1.52 bits per heavy atom. The van der Waals surface area contributed by atoms with Crippen molar-refractivity contribution in [3.63, 3.8) is 0 Å². The number of carbonyl (C=O) groups excluding carboxylic acids is 1. The number of thiazole rings is 1. The molecule has 0 spiro atoms. The molecule has 3 N–H and O–H groups in total. The molecule has 2 aromatic heterocycles. The van der Waals surface area contributed by atoms with Crippen molar-refractivity contribution in [2.45, 2.75) is 38.5 Å². The molecule has 8 nitrogen and oxygen atoms in total. The van der Waals surface area contributed by atoms with Gasteiger partial charge in [-0.05, 0) is 20.3 Å². The Morgan fingerprint density at radius 2 is 2.31 bits per heavy atom. The summed E-state index contributed by atoms with van der Waals surface area (Å²) in [7, 11) is 0. The molecule has 1 fully saturated rings. The number of nitrogens with two attached hydrogens (primary N) is 1. The predicted octanol–water partition coefficient (Wildman–Crippen LogP) is 2.98. The monoisotopic (exact) mass is 442 g/mol. The smallest absolute Gasteiger partial charge is 0.333 e. The number of aliphatic imine (C=N–C) groups is 1. The molecule has 156 valence electrons. The van der Waals surface area contributed by atoms with Gasteiger partial charge in [0.05, 0.1) is 12.7 Å². The first-order valence-corrected chi connectivity index (χ1v) is 10.9. The lowest BCUT2D eigenvalue weighted by atomic mass is 9.80. The number of aryl methyl sites for hydroxylation is 1. The molecule has 2 aromatic rings. The van der Waals surface area contributed by atoms with Crippen LogP contribution in [-0.4, -0.2) is 44.3 Å². The van der Waals surface area contributed by atoms with Crippen LogP contribution in [0.4, 0.5) is 14.6 Å². The number of fused-ring (bicyclic) bond motifs is 1. The Morgan fingerprint density at radius 3 is 3.03 bits per heavy atom. The first-order valence-electron chi connectivity index (χ1n) is 8.99. The molecule has 3 atom stereocenters. The van der Waals surface area contributed by atoms with Crippen LogP contribution in [0.3, 0.4) is 0 Å². The van der Waals surface area contributed by atoms with Crippen molar-refractivity contribution in [1.29, 1.82) is 0 Å². The Bertz CT molecular complexity index is 962. The number of hydrogen-bond acceptors (Lipinski definition) is 8. The van der Waals surface area contributed by atoms with Crippen molar-refractivity contribution in [2.75, 3.05) is 17.7 Å². The van der Waals surface area contributed by atoms with Gasteiger partial charge in [0.15, 0.2) is 10.9 Å². The zero-order valence-electron chi connectivity index (χ0n) is 15.8. The highest BCUT2D eigenvalue weighted by atomic mass is 32.2. The number of carbonyl (C=O) groups is 1. The maximum absolute atomic E-state index is 12.8. The van der Waals surface area contributed by atoms with Crippen molar-refractivity contribution < 1.29 is 18.3 Å². The number of nitrogens with one attached hydrogen (secondary N) is 1. The second-order valence-corrected chi connectivity index (χ2v) is 9.05. The van der Waals surface area contributed by atoms with Crippen LogP contribution >= 0.6 is 23.1 Å². The van der Waals surface area contributed by atoms with Gasteiger partial charge < -0.3 is 15.8 Å². The molecule has 0 aromatic carbocycles. The molecule has 12 heteroatoms. The number of rotatable bonds is 4. The summed E-state index contributed by atoms with van der Waals surface area (Å²) in [6.45, 7) is 1.15. The van der Waals surface area contributed by atoms with Gasteiger partial charge in [0.2, 0.25) is 0 Å². The molecular formula is C17H20F2N6O2S2. The van der Waals surface area contributed by atoms with Crippen molar-refractivity contribution in [1.82, 2.24) is 14.8 Å². The van der Waals surface area contributed by atoms with E-state index in [1.54, 1.807) is 12.3 Å². The molecular weight excluding hydrogens is 422 g/mol. The lowest BCUT2D eigenvalue weighted by molar-refractivity contribution is -0.0466. The molecule has 0 aliphatic carbocycles. The fraction of sp³-hybridized carbons (Fsp3) is 0.529. The molecule has 2 aliphatic rings. The molecule has 4 rings (SSSR count). The van der Waals surface area contributed by atoms with E-state index in [0.29, 0.717) is 32.8 Å². The minimum absolute atomic E-state index is 0.0676. The van der Waals surface area contributed by atoms with E-state index in [2.05, 4.69) is 15.4 Å². The van der Waals surface area contributed by atoms with E-state index in [9.17, 15) is 13.6 Å². The first kappa shape index (κ1) is 20.2. The van der Waals surface area contributed by atoms with Crippen LogP contribution in [0.15, 0.2) is 16.6 Å². The number of hydrogen-bond donors (Lipinski definition) is 2. The summed E-state index contributed by atoms with van der Waals surface area (Å²) in [5.41, 5.74) is 5.62. The van der Waals surface area contributed by atoms with Gasteiger partial charge in [-0.3, -0.25) is 4.79 Å². The summed E-state index contributed by atoms with van der Waals surface area (Å²) >= 11 is 2.89. The van der Waals surface area contributed by atoms with Crippen molar-refractivity contribution >= 4 is 40.0 Å². The number of ether oxygens (including phenoxy) is 1. The van der Waals surface area contributed by atoms with E-state index >= 15 is 0 Å². The number of anilines is 1. The molecule has 2 aliphatic heterocycles. The summed E-state index contributed by atoms with van der Waals surface area (Å²) in [5.74, 6) is 0.777. The van der Waals surface area contributed by atoms with E-state index in [-0.39, 0.29) is 17.7 Å². The number of aromatic nitrogens is 3. The normalized spacial score (nSPS) is 26.9. The fourth-order valence-corrected chi connectivity index (χ4v) is 5.56. The fourth-order valence-electron chi connectivity index (χ4n) is 3.59. The van der Waals surface area contributed by atoms with Gasteiger partial charge >= 0.3 is 6.55 Å². The number of amides is 1. The van der Waals surface area contributed by atoms with Gasteiger partial charge in [-0.2, -0.15) is 13.9 Å². The molecule has 0 saturated carbocycles. The zero-order valence-corrected chi connectivity index (χ0v) is 17.4. The quantitative estimate of drug-likeness (QED) is 0.754. The van der Waals surface area contributed by atoms with Crippen LogP contribution in [0.2, 0.25) is 0 Å². The lowest BCUT2D eigenvalue weighted by Crippen LogP contribution is -2.49. The van der Waals surface area contributed by atoms with E-state index in [0.717, 1.165) is 18.4 Å². The van der Waals surface area contributed by atoms with Crippen LogP contribution in [0.1, 0.15) is 41.0 Å². The molecule has 0 radical (unpaired) electrons. The molecule has 1 saturated heterocycles. The highest BCUT2D eigenvalue weighted by Crippen LogP contribution is 2.47. The Labute approximate surface area is 173 Å². The average molecular weight is 443 g/mol. The molecule has 1 amide bonds. The highest BCUT2D eigenvalue weighted by molar-refractivity contribution is 8.13. The average Bonchev–Trinajstić information content (AvgIpc) is 3.29. The van der Waals surface area contributed by atoms with Crippen LogP contribution in [0.5, 0.6) is 0 Å². The summed E-state index contributed by atoms with van der Waals surface area (Å²) in [6, 6.07) is 0. The maximum Gasteiger partial charge on any atom is 0.333 e. The minimum Gasteiger partial charge on any atom is -0.379 e. The maximum atomic E-state index is 12.8. The van der Waals surface area contributed by atoms with E-state index in [4.69, 9.17) is 15.5 Å². The third kappa shape index (κ3) is 3.76. The zero-order chi connectivity index (χ0) is 20.8. The van der Waals surface area contributed by atoms with Gasteiger partial charge in [-0.25, -0.2) is 14.7 Å². The van der Waals surface area contributed by atoms with Gasteiger partial charge in [0.25, 0.3) is 5.91 Å². The van der Waals surface area contributed by atoms with Crippen LogP contribution < -0.4 is 11.1 Å². The Balaban J connectivity index is 1.58. The number of halogens is 2.